The molecule has 3 saturated heterocycles. The number of esters is 1. The molecule has 252 valence electrons. The Hall–Kier alpha value is -1.73. The van der Waals surface area contributed by atoms with E-state index in [1.165, 1.54) is 6.92 Å². The third-order valence-electron chi connectivity index (χ3n) is 9.83. The summed E-state index contributed by atoms with van der Waals surface area (Å²) in [6, 6.07) is -0.228. The Balaban J connectivity index is 2.19. The van der Waals surface area contributed by atoms with Gasteiger partial charge in [-0.05, 0) is 72.5 Å². The number of aliphatic hydroxyl groups is 2. The lowest BCUT2D eigenvalue weighted by Gasteiger charge is -2.47. The molecule has 3 aliphatic rings. The first-order valence-electron chi connectivity index (χ1n) is 16.0. The molecule has 0 amide bonds. The summed E-state index contributed by atoms with van der Waals surface area (Å²) in [5.41, 5.74) is -1.30. The number of Topliss-reactive ketones (excluding diaryl/α,β-unsaturated/α-hetero) is 1. The van der Waals surface area contributed by atoms with E-state index in [9.17, 15) is 19.8 Å². The Kier molecular flexibility index (Phi) is 12.3. The van der Waals surface area contributed by atoms with Crippen LogP contribution in [-0.2, 0) is 33.3 Å². The van der Waals surface area contributed by atoms with Crippen LogP contribution in [0.1, 0.15) is 74.1 Å². The molecule has 0 aliphatic carbocycles. The summed E-state index contributed by atoms with van der Waals surface area (Å²) in [6.45, 7) is 16.8. The van der Waals surface area contributed by atoms with Crippen molar-refractivity contribution in [3.63, 3.8) is 0 Å². The van der Waals surface area contributed by atoms with Crippen LogP contribution < -0.4 is 0 Å². The summed E-state index contributed by atoms with van der Waals surface area (Å²) < 4.78 is 31.6. The van der Waals surface area contributed by atoms with Crippen LogP contribution in [0.15, 0.2) is 17.1 Å². The maximum Gasteiger partial charge on any atom is 0.316 e. The molecular weight excluding hydrogens is 568 g/mol. The average Bonchev–Trinajstić information content (AvgIpc) is 2.98. The van der Waals surface area contributed by atoms with Gasteiger partial charge >= 0.3 is 5.97 Å². The normalized spacial score (nSPS) is 44.6. The summed E-state index contributed by atoms with van der Waals surface area (Å²) in [7, 11) is 5.49. The smallest absolute Gasteiger partial charge is 0.316 e. The van der Waals surface area contributed by atoms with Gasteiger partial charge < -0.3 is 38.8 Å². The SMILES string of the molecule is C=C1CO[C@@H]2CC(=NC)[C@H](C)C[C@@](C)(OC1)[C@H](O[C@@H]1O[C@H](C)C[C@H](N(C)C)[C@H]1O)[C@@H](C)C(=O)[C@@H](C)C(=O)O[C@H](CC)[C@@]2(C)O. The zero-order valence-electron chi connectivity index (χ0n) is 28.4. The van der Waals surface area contributed by atoms with Crippen molar-refractivity contribution in [2.75, 3.05) is 34.4 Å². The highest BCUT2D eigenvalue weighted by molar-refractivity contribution is 6.00. The van der Waals surface area contributed by atoms with Crippen LogP contribution in [0.4, 0.5) is 0 Å². The largest absolute Gasteiger partial charge is 0.459 e. The maximum atomic E-state index is 14.1. The molecule has 0 spiro atoms. The fourth-order valence-corrected chi connectivity index (χ4v) is 6.96. The number of cyclic esters (lactones) is 1. The standard InChI is InChI=1S/C33H56N2O9/c1-12-25-33(8,39)26-14-23(34-9)19(3)15-32(7,41-17-18(2)16-40-26)29(21(5)27(36)22(6)30(38)43-25)44-31-28(37)24(35(10)11)13-20(4)42-31/h19-22,24-26,28-29,31,37,39H,2,12-17H2,1,3-11H3/t19-,20-,21+,22-,24+,25-,26-,28-,29-,31+,32-,33-/m1/s1. The van der Waals surface area contributed by atoms with Crippen molar-refractivity contribution in [3.8, 4) is 0 Å². The number of ether oxygens (including phenoxy) is 5. The fourth-order valence-electron chi connectivity index (χ4n) is 6.96. The molecule has 0 unspecified atom stereocenters. The van der Waals surface area contributed by atoms with E-state index < -0.39 is 65.5 Å². The Bertz CT molecular complexity index is 1060. The number of rotatable bonds is 4. The van der Waals surface area contributed by atoms with Gasteiger partial charge in [0.25, 0.3) is 0 Å². The van der Waals surface area contributed by atoms with Crippen LogP contribution in [0.3, 0.4) is 0 Å². The van der Waals surface area contributed by atoms with E-state index in [-0.39, 0.29) is 37.7 Å². The van der Waals surface area contributed by atoms with Gasteiger partial charge in [-0.25, -0.2) is 0 Å². The summed E-state index contributed by atoms with van der Waals surface area (Å²) in [5.74, 6) is -3.34. The molecule has 0 aromatic rings. The van der Waals surface area contributed by atoms with Gasteiger partial charge in [0.2, 0.25) is 0 Å². The second-order valence-electron chi connectivity index (χ2n) is 13.8. The number of likely N-dealkylation sites (N-methyl/N-ethyl adjacent to an activating group) is 1. The summed E-state index contributed by atoms with van der Waals surface area (Å²) in [6.07, 6.45) is -3.32. The van der Waals surface area contributed by atoms with Crippen LogP contribution in [0.2, 0.25) is 0 Å². The third kappa shape index (κ3) is 7.97. The molecule has 11 heteroatoms. The number of hydrogen-bond acceptors (Lipinski definition) is 11. The minimum Gasteiger partial charge on any atom is -0.459 e. The Morgan fingerprint density at radius 1 is 1.14 bits per heavy atom. The second kappa shape index (κ2) is 14.8. The molecule has 0 aromatic heterocycles. The van der Waals surface area contributed by atoms with Crippen LogP contribution in [-0.4, -0.2) is 121 Å². The number of ketones is 1. The molecule has 44 heavy (non-hydrogen) atoms. The lowest BCUT2D eigenvalue weighted by molar-refractivity contribution is -0.296. The van der Waals surface area contributed by atoms with Gasteiger partial charge in [-0.2, -0.15) is 0 Å². The molecule has 2 bridgehead atoms. The molecule has 0 saturated carbocycles. The van der Waals surface area contributed by atoms with Gasteiger partial charge in [0.15, 0.2) is 12.1 Å². The van der Waals surface area contributed by atoms with E-state index in [2.05, 4.69) is 11.6 Å². The lowest BCUT2D eigenvalue weighted by atomic mass is 9.76. The number of nitrogens with zero attached hydrogens (tertiary/aromatic N) is 2. The summed E-state index contributed by atoms with van der Waals surface area (Å²) in [4.78, 5) is 34.1. The highest BCUT2D eigenvalue weighted by Gasteiger charge is 2.51. The topological polar surface area (TPSA) is 136 Å². The van der Waals surface area contributed by atoms with Crippen molar-refractivity contribution in [1.82, 2.24) is 4.90 Å². The first-order chi connectivity index (χ1) is 20.5. The zero-order valence-corrected chi connectivity index (χ0v) is 28.4. The van der Waals surface area contributed by atoms with Crippen molar-refractivity contribution >= 4 is 17.5 Å². The van der Waals surface area contributed by atoms with Crippen molar-refractivity contribution < 1.29 is 43.5 Å². The molecule has 11 nitrogen and oxygen atoms in total. The number of fused-ring (bicyclic) bond motifs is 5. The Morgan fingerprint density at radius 3 is 2.39 bits per heavy atom. The summed E-state index contributed by atoms with van der Waals surface area (Å²) in [5, 5.41) is 23.2. The first kappa shape index (κ1) is 36.7. The minimum absolute atomic E-state index is 0.0928. The second-order valence-corrected chi connectivity index (χ2v) is 13.8. The molecule has 3 aliphatic heterocycles. The van der Waals surface area contributed by atoms with Gasteiger partial charge in [0.1, 0.15) is 23.7 Å². The van der Waals surface area contributed by atoms with Crippen molar-refractivity contribution in [2.24, 2.45) is 22.7 Å². The molecule has 3 fully saturated rings. The molecular formula is C33H56N2O9. The minimum atomic E-state index is -1.59. The Labute approximate surface area is 263 Å². The highest BCUT2D eigenvalue weighted by Crippen LogP contribution is 2.39. The Morgan fingerprint density at radius 2 is 1.80 bits per heavy atom. The predicted molar refractivity (Wildman–Crippen MR) is 166 cm³/mol. The average molecular weight is 625 g/mol. The van der Waals surface area contributed by atoms with E-state index in [0.29, 0.717) is 24.8 Å². The zero-order chi connectivity index (χ0) is 33.1. The first-order valence-corrected chi connectivity index (χ1v) is 16.0. The van der Waals surface area contributed by atoms with Gasteiger partial charge in [-0.15, -0.1) is 0 Å². The fraction of sp³-hybridized carbons (Fsp3) is 0.848. The van der Waals surface area contributed by atoms with Gasteiger partial charge in [0, 0.05) is 31.1 Å². The van der Waals surface area contributed by atoms with E-state index >= 15 is 0 Å². The molecule has 2 N–H and O–H groups in total. The van der Waals surface area contributed by atoms with Gasteiger partial charge in [-0.1, -0.05) is 27.4 Å². The van der Waals surface area contributed by atoms with Crippen molar-refractivity contribution in [2.45, 2.75) is 128 Å². The summed E-state index contributed by atoms with van der Waals surface area (Å²) >= 11 is 0. The number of carbonyl (C=O) groups excluding carboxylic acids is 2. The quantitative estimate of drug-likeness (QED) is 0.273. The van der Waals surface area contributed by atoms with Gasteiger partial charge in [0.05, 0.1) is 37.1 Å². The number of hydrogen-bond donors (Lipinski definition) is 2. The predicted octanol–water partition coefficient (Wildman–Crippen LogP) is 2.94. The molecule has 3 heterocycles. The van der Waals surface area contributed by atoms with E-state index in [4.69, 9.17) is 23.7 Å². The number of aliphatic imine (C=N–C) groups is 1. The van der Waals surface area contributed by atoms with Crippen LogP contribution in [0.5, 0.6) is 0 Å². The van der Waals surface area contributed by atoms with E-state index in [0.717, 1.165) is 5.71 Å². The van der Waals surface area contributed by atoms with Crippen LogP contribution in [0, 0.1) is 17.8 Å². The van der Waals surface area contributed by atoms with E-state index in [1.54, 1.807) is 20.9 Å². The molecule has 0 radical (unpaired) electrons. The van der Waals surface area contributed by atoms with Crippen molar-refractivity contribution in [3.05, 3.63) is 12.2 Å². The number of carbonyl (C=O) groups is 2. The van der Waals surface area contributed by atoms with Gasteiger partial charge in [-0.3, -0.25) is 14.6 Å². The number of aliphatic hydroxyl groups excluding tert-OH is 1. The monoisotopic (exact) mass is 624 g/mol. The maximum absolute atomic E-state index is 14.1. The molecule has 3 rings (SSSR count). The third-order valence-corrected chi connectivity index (χ3v) is 9.83. The molecule has 0 aromatic carbocycles. The molecule has 12 atom stereocenters. The van der Waals surface area contributed by atoms with Crippen LogP contribution in [0.25, 0.3) is 0 Å². The lowest BCUT2D eigenvalue weighted by Crippen LogP contribution is -2.59. The van der Waals surface area contributed by atoms with Crippen LogP contribution >= 0.6 is 0 Å². The van der Waals surface area contributed by atoms with E-state index in [1.807, 2.05) is 46.7 Å². The highest BCUT2D eigenvalue weighted by atomic mass is 16.7. The van der Waals surface area contributed by atoms with Crippen molar-refractivity contribution in [1.29, 1.82) is 0 Å².